The number of hydrogen-bond donors (Lipinski definition) is 0. The first-order valence-corrected chi connectivity index (χ1v) is 5.44. The zero-order valence-corrected chi connectivity index (χ0v) is 9.36. The first kappa shape index (κ1) is 11.1. The van der Waals surface area contributed by atoms with Crippen molar-refractivity contribution in [2.45, 2.75) is 52.6 Å². The Hall–Kier alpha value is -0.990. The molecule has 0 aromatic carbocycles. The van der Waals surface area contributed by atoms with E-state index in [2.05, 4.69) is 6.92 Å². The average Bonchev–Trinajstić information content (AvgIpc) is 2.48. The van der Waals surface area contributed by atoms with E-state index < -0.39 is 0 Å². The molecular weight excluding hydrogens is 176 g/mol. The summed E-state index contributed by atoms with van der Waals surface area (Å²) in [5.74, 6) is 0. The highest BCUT2D eigenvalue weighted by molar-refractivity contribution is 4.83. The fraction of sp³-hybridized carbons (Fsp3) is 0.727. The Morgan fingerprint density at radius 1 is 1.29 bits per heavy atom. The number of aromatic nitrogens is 2. The minimum absolute atomic E-state index is 0.121. The summed E-state index contributed by atoms with van der Waals surface area (Å²) in [6.45, 7) is 7.07. The third kappa shape index (κ3) is 2.50. The first-order valence-electron chi connectivity index (χ1n) is 5.44. The molecule has 0 aliphatic rings. The summed E-state index contributed by atoms with van der Waals surface area (Å²) < 4.78 is 3.57. The molecule has 0 N–H and O–H groups in total. The van der Waals surface area contributed by atoms with Gasteiger partial charge in [-0.25, -0.2) is 4.79 Å². The highest BCUT2D eigenvalue weighted by Crippen LogP contribution is 2.01. The monoisotopic (exact) mass is 196 g/mol. The molecule has 0 unspecified atom stereocenters. The second-order valence-electron chi connectivity index (χ2n) is 3.98. The van der Waals surface area contributed by atoms with Crippen molar-refractivity contribution in [2.75, 3.05) is 0 Å². The van der Waals surface area contributed by atoms with Crippen molar-refractivity contribution >= 4 is 0 Å². The largest absolute Gasteiger partial charge is 0.328 e. The van der Waals surface area contributed by atoms with Crippen molar-refractivity contribution in [3.63, 3.8) is 0 Å². The van der Waals surface area contributed by atoms with Crippen LogP contribution in [0.15, 0.2) is 17.2 Å². The molecule has 0 saturated carbocycles. The molecule has 0 saturated heterocycles. The van der Waals surface area contributed by atoms with Crippen molar-refractivity contribution in [1.29, 1.82) is 0 Å². The SMILES string of the molecule is CCCCCn1ccn(C(C)C)c1=O. The summed E-state index contributed by atoms with van der Waals surface area (Å²) in [4.78, 5) is 11.7. The average molecular weight is 196 g/mol. The number of hydrogen-bond acceptors (Lipinski definition) is 1. The van der Waals surface area contributed by atoms with Crippen LogP contribution in [-0.2, 0) is 6.54 Å². The second-order valence-corrected chi connectivity index (χ2v) is 3.98. The van der Waals surface area contributed by atoms with Crippen LogP contribution >= 0.6 is 0 Å². The van der Waals surface area contributed by atoms with Gasteiger partial charge in [0.1, 0.15) is 0 Å². The van der Waals surface area contributed by atoms with Crippen molar-refractivity contribution in [1.82, 2.24) is 9.13 Å². The van der Waals surface area contributed by atoms with Gasteiger partial charge in [-0.15, -0.1) is 0 Å². The summed E-state index contributed by atoms with van der Waals surface area (Å²) >= 11 is 0. The fourth-order valence-electron chi connectivity index (χ4n) is 1.52. The molecular formula is C11H20N2O. The first-order chi connectivity index (χ1) is 6.66. The maximum absolute atomic E-state index is 11.7. The Bertz CT molecular complexity index is 322. The van der Waals surface area contributed by atoms with Gasteiger partial charge in [-0.1, -0.05) is 19.8 Å². The van der Waals surface area contributed by atoms with Crippen LogP contribution in [0.5, 0.6) is 0 Å². The van der Waals surface area contributed by atoms with Crippen molar-refractivity contribution in [3.8, 4) is 0 Å². The van der Waals surface area contributed by atoms with E-state index in [1.54, 1.807) is 9.13 Å². The molecule has 0 amide bonds. The lowest BCUT2D eigenvalue weighted by molar-refractivity contribution is 0.533. The van der Waals surface area contributed by atoms with Gasteiger partial charge in [0.2, 0.25) is 0 Å². The quantitative estimate of drug-likeness (QED) is 0.664. The third-order valence-corrected chi connectivity index (χ3v) is 2.43. The maximum Gasteiger partial charge on any atom is 0.328 e. The van der Waals surface area contributed by atoms with Gasteiger partial charge in [0.25, 0.3) is 0 Å². The van der Waals surface area contributed by atoms with Crippen LogP contribution in [0, 0.1) is 0 Å². The summed E-state index contributed by atoms with van der Waals surface area (Å²) in [6, 6.07) is 0.259. The van der Waals surface area contributed by atoms with Crippen LogP contribution in [0.3, 0.4) is 0 Å². The molecule has 3 nitrogen and oxygen atoms in total. The third-order valence-electron chi connectivity index (χ3n) is 2.43. The normalized spacial score (nSPS) is 11.1. The van der Waals surface area contributed by atoms with E-state index in [1.807, 2.05) is 26.2 Å². The molecule has 0 radical (unpaired) electrons. The molecule has 1 aromatic heterocycles. The van der Waals surface area contributed by atoms with E-state index in [0.29, 0.717) is 0 Å². The van der Waals surface area contributed by atoms with E-state index in [0.717, 1.165) is 13.0 Å². The molecule has 0 aliphatic heterocycles. The molecule has 0 bridgehead atoms. The lowest BCUT2D eigenvalue weighted by Gasteiger charge is -2.04. The van der Waals surface area contributed by atoms with Gasteiger partial charge in [0, 0.05) is 25.0 Å². The van der Waals surface area contributed by atoms with Gasteiger partial charge in [-0.05, 0) is 20.3 Å². The minimum atomic E-state index is 0.121. The Morgan fingerprint density at radius 3 is 2.50 bits per heavy atom. The summed E-state index contributed by atoms with van der Waals surface area (Å²) in [7, 11) is 0. The highest BCUT2D eigenvalue weighted by Gasteiger charge is 2.04. The molecule has 3 heteroatoms. The van der Waals surface area contributed by atoms with Gasteiger partial charge in [-0.3, -0.25) is 9.13 Å². The molecule has 14 heavy (non-hydrogen) atoms. The van der Waals surface area contributed by atoms with Crippen LogP contribution in [0.1, 0.15) is 46.1 Å². The molecule has 0 aliphatic carbocycles. The van der Waals surface area contributed by atoms with Gasteiger partial charge in [0.15, 0.2) is 0 Å². The zero-order valence-electron chi connectivity index (χ0n) is 9.36. The Morgan fingerprint density at radius 2 is 2.00 bits per heavy atom. The Labute approximate surface area is 85.4 Å². The smallest absolute Gasteiger partial charge is 0.299 e. The number of rotatable bonds is 5. The van der Waals surface area contributed by atoms with E-state index in [-0.39, 0.29) is 11.7 Å². The van der Waals surface area contributed by atoms with E-state index in [9.17, 15) is 4.79 Å². The summed E-state index contributed by atoms with van der Waals surface area (Å²) in [6.07, 6.45) is 7.24. The molecule has 1 aromatic rings. The fourth-order valence-corrected chi connectivity index (χ4v) is 1.52. The van der Waals surface area contributed by atoms with Crippen LogP contribution in [0.2, 0.25) is 0 Å². The topological polar surface area (TPSA) is 26.9 Å². The van der Waals surface area contributed by atoms with E-state index >= 15 is 0 Å². The molecule has 80 valence electrons. The van der Waals surface area contributed by atoms with E-state index in [1.165, 1.54) is 12.8 Å². The van der Waals surface area contributed by atoms with Crippen LogP contribution in [-0.4, -0.2) is 9.13 Å². The standard InChI is InChI=1S/C11H20N2O/c1-4-5-6-7-12-8-9-13(10(2)3)11(12)14/h8-10H,4-7H2,1-3H3. The van der Waals surface area contributed by atoms with Crippen LogP contribution < -0.4 is 5.69 Å². The number of aryl methyl sites for hydroxylation is 1. The molecule has 0 fully saturated rings. The molecule has 1 rings (SSSR count). The molecule has 0 atom stereocenters. The minimum Gasteiger partial charge on any atom is -0.299 e. The van der Waals surface area contributed by atoms with Crippen molar-refractivity contribution in [3.05, 3.63) is 22.9 Å². The maximum atomic E-state index is 11.7. The molecule has 1 heterocycles. The predicted molar refractivity (Wildman–Crippen MR) is 58.6 cm³/mol. The van der Waals surface area contributed by atoms with Crippen LogP contribution in [0.25, 0.3) is 0 Å². The van der Waals surface area contributed by atoms with Crippen molar-refractivity contribution in [2.24, 2.45) is 0 Å². The van der Waals surface area contributed by atoms with Gasteiger partial charge >= 0.3 is 5.69 Å². The van der Waals surface area contributed by atoms with Gasteiger partial charge < -0.3 is 0 Å². The Kier molecular flexibility index (Phi) is 3.98. The highest BCUT2D eigenvalue weighted by atomic mass is 16.1. The predicted octanol–water partition coefficient (Wildman–Crippen LogP) is 2.42. The van der Waals surface area contributed by atoms with Crippen molar-refractivity contribution < 1.29 is 0 Å². The van der Waals surface area contributed by atoms with E-state index in [4.69, 9.17) is 0 Å². The number of unbranched alkanes of at least 4 members (excludes halogenated alkanes) is 2. The lowest BCUT2D eigenvalue weighted by Crippen LogP contribution is -2.25. The van der Waals surface area contributed by atoms with Crippen LogP contribution in [0.4, 0.5) is 0 Å². The Balaban J connectivity index is 2.65. The zero-order chi connectivity index (χ0) is 10.6. The molecule has 0 spiro atoms. The van der Waals surface area contributed by atoms with Gasteiger partial charge in [0.05, 0.1) is 0 Å². The summed E-state index contributed by atoms with van der Waals surface area (Å²) in [5, 5.41) is 0. The second kappa shape index (κ2) is 5.03. The number of imidazole rings is 1. The lowest BCUT2D eigenvalue weighted by atomic mass is 10.2. The number of nitrogens with zero attached hydrogens (tertiary/aromatic N) is 2. The van der Waals surface area contributed by atoms with Gasteiger partial charge in [-0.2, -0.15) is 0 Å². The summed E-state index contributed by atoms with van der Waals surface area (Å²) in [5.41, 5.74) is 0.121.